The lowest BCUT2D eigenvalue weighted by molar-refractivity contribution is -0.201. The van der Waals surface area contributed by atoms with Gasteiger partial charge in [-0.15, -0.1) is 0 Å². The molecule has 0 saturated heterocycles. The van der Waals surface area contributed by atoms with Gasteiger partial charge in [0.1, 0.15) is 10.6 Å². The van der Waals surface area contributed by atoms with Gasteiger partial charge >= 0.3 is 6.18 Å². The van der Waals surface area contributed by atoms with E-state index in [9.17, 15) is 26.4 Å². The Kier molecular flexibility index (Phi) is 5.02. The van der Waals surface area contributed by atoms with Gasteiger partial charge in [0.25, 0.3) is 5.91 Å². The van der Waals surface area contributed by atoms with E-state index in [1.54, 1.807) is 0 Å². The molecule has 1 amide bonds. The van der Waals surface area contributed by atoms with Crippen LogP contribution in [0.2, 0.25) is 0 Å². The van der Waals surface area contributed by atoms with E-state index in [0.717, 1.165) is 16.8 Å². The van der Waals surface area contributed by atoms with Gasteiger partial charge in [-0.05, 0) is 13.1 Å². The number of aliphatic hydroxyl groups excluding tert-OH is 1. The smallest absolute Gasteiger partial charge is 0.382 e. The molecule has 1 heterocycles. The van der Waals surface area contributed by atoms with Gasteiger partial charge < -0.3 is 15.0 Å². The summed E-state index contributed by atoms with van der Waals surface area (Å²) in [5.41, 5.74) is -0.154. The Bertz CT molecular complexity index is 624. The number of nitrogens with zero attached hydrogens (tertiary/aromatic N) is 1. The number of hydrogen-bond acceptors (Lipinski definition) is 4. The molecule has 1 unspecified atom stereocenters. The van der Waals surface area contributed by atoms with E-state index in [-0.39, 0.29) is 10.6 Å². The number of sulfonamides is 1. The summed E-state index contributed by atoms with van der Waals surface area (Å²) in [6.07, 6.45) is -6.40. The summed E-state index contributed by atoms with van der Waals surface area (Å²) in [6, 6.07) is 1.02. The number of rotatable bonds is 5. The number of carbonyl (C=O) groups is 1. The maximum Gasteiger partial charge on any atom is 0.416 e. The van der Waals surface area contributed by atoms with Crippen LogP contribution in [0, 0.1) is 0 Å². The van der Waals surface area contributed by atoms with Gasteiger partial charge in [0.15, 0.2) is 6.10 Å². The fraction of sp³-hybridized carbons (Fsp3) is 0.500. The molecule has 0 bridgehead atoms. The largest absolute Gasteiger partial charge is 0.416 e. The Morgan fingerprint density at radius 1 is 1.48 bits per heavy atom. The predicted octanol–water partition coefficient (Wildman–Crippen LogP) is -0.414. The van der Waals surface area contributed by atoms with Crippen molar-refractivity contribution in [3.05, 3.63) is 18.0 Å². The van der Waals surface area contributed by atoms with Crippen molar-refractivity contribution in [1.29, 1.82) is 0 Å². The van der Waals surface area contributed by atoms with Crippen molar-refractivity contribution in [2.24, 2.45) is 7.05 Å². The first-order valence-corrected chi connectivity index (χ1v) is 7.10. The normalized spacial score (nSPS) is 14.0. The Balaban J connectivity index is 2.85. The van der Waals surface area contributed by atoms with Crippen molar-refractivity contribution in [1.82, 2.24) is 14.6 Å². The van der Waals surface area contributed by atoms with Crippen LogP contribution in [0.1, 0.15) is 10.5 Å². The third-order valence-corrected chi connectivity index (χ3v) is 4.01. The number of amides is 1. The highest BCUT2D eigenvalue weighted by atomic mass is 32.2. The van der Waals surface area contributed by atoms with Crippen molar-refractivity contribution >= 4 is 15.9 Å². The van der Waals surface area contributed by atoms with Crippen LogP contribution in [0.4, 0.5) is 13.2 Å². The number of alkyl halides is 3. The van der Waals surface area contributed by atoms with Crippen LogP contribution in [-0.2, 0) is 17.1 Å². The van der Waals surface area contributed by atoms with Crippen LogP contribution in [-0.4, -0.2) is 49.9 Å². The van der Waals surface area contributed by atoms with Gasteiger partial charge in [-0.1, -0.05) is 0 Å². The fourth-order valence-electron chi connectivity index (χ4n) is 1.42. The summed E-state index contributed by atoms with van der Waals surface area (Å²) in [4.78, 5) is 11.5. The SMILES string of the molecule is CNS(=O)(=O)c1cc(C(=O)NCC(O)C(F)(F)F)n(C)c1. The average molecular weight is 329 g/mol. The molecule has 0 radical (unpaired) electrons. The monoisotopic (exact) mass is 329 g/mol. The van der Waals surface area contributed by atoms with E-state index < -0.39 is 34.8 Å². The van der Waals surface area contributed by atoms with Gasteiger partial charge in [-0.25, -0.2) is 13.1 Å². The summed E-state index contributed by atoms with van der Waals surface area (Å²) in [5.74, 6) is -0.932. The number of carbonyl (C=O) groups excluding carboxylic acids is 1. The summed E-state index contributed by atoms with van der Waals surface area (Å²) in [7, 11) is -1.22. The lowest BCUT2D eigenvalue weighted by Crippen LogP contribution is -2.41. The first-order valence-electron chi connectivity index (χ1n) is 5.62. The summed E-state index contributed by atoms with van der Waals surface area (Å²) < 4.78 is 62.6. The fourth-order valence-corrected chi connectivity index (χ4v) is 2.22. The van der Waals surface area contributed by atoms with Crippen LogP contribution in [0.15, 0.2) is 17.2 Å². The zero-order valence-corrected chi connectivity index (χ0v) is 11.9. The maximum absolute atomic E-state index is 12.1. The van der Waals surface area contributed by atoms with E-state index in [0.29, 0.717) is 0 Å². The number of nitrogens with one attached hydrogen (secondary N) is 2. The second-order valence-electron chi connectivity index (χ2n) is 4.15. The standard InChI is InChI=1S/C10H14F3N3O4S/c1-14-21(19,20)6-3-7(16(2)5-6)9(18)15-4-8(17)10(11,12)13/h3,5,8,14,17H,4H2,1-2H3,(H,15,18). The lowest BCUT2D eigenvalue weighted by atomic mass is 10.3. The van der Waals surface area contributed by atoms with Crippen LogP contribution < -0.4 is 10.0 Å². The van der Waals surface area contributed by atoms with Crippen molar-refractivity contribution in [3.8, 4) is 0 Å². The first kappa shape index (κ1) is 17.5. The minimum Gasteiger partial charge on any atom is -0.382 e. The Labute approximate surface area is 118 Å². The van der Waals surface area contributed by atoms with Gasteiger partial charge in [-0.3, -0.25) is 4.79 Å². The molecule has 1 rings (SSSR count). The van der Waals surface area contributed by atoms with Gasteiger partial charge in [0.2, 0.25) is 10.0 Å². The van der Waals surface area contributed by atoms with E-state index in [4.69, 9.17) is 5.11 Å². The van der Waals surface area contributed by atoms with Crippen LogP contribution in [0.3, 0.4) is 0 Å². The number of hydrogen-bond donors (Lipinski definition) is 3. The molecule has 7 nitrogen and oxygen atoms in total. The number of aromatic nitrogens is 1. The molecule has 0 aliphatic heterocycles. The molecule has 0 aliphatic carbocycles. The Morgan fingerprint density at radius 2 is 2.05 bits per heavy atom. The number of aliphatic hydroxyl groups is 1. The number of aryl methyl sites for hydroxylation is 1. The van der Waals surface area contributed by atoms with Crippen LogP contribution in [0.5, 0.6) is 0 Å². The highest BCUT2D eigenvalue weighted by molar-refractivity contribution is 7.89. The Hall–Kier alpha value is -1.59. The maximum atomic E-state index is 12.1. The molecule has 120 valence electrons. The quantitative estimate of drug-likeness (QED) is 0.683. The van der Waals surface area contributed by atoms with Gasteiger partial charge in [0, 0.05) is 13.2 Å². The molecule has 1 atom stereocenters. The first-order chi connectivity index (χ1) is 9.49. The van der Waals surface area contributed by atoms with Crippen molar-refractivity contribution in [3.63, 3.8) is 0 Å². The lowest BCUT2D eigenvalue weighted by Gasteiger charge is -2.15. The van der Waals surface area contributed by atoms with E-state index >= 15 is 0 Å². The molecular formula is C10H14F3N3O4S. The molecule has 0 saturated carbocycles. The third kappa shape index (κ3) is 4.19. The summed E-state index contributed by atoms with van der Waals surface area (Å²) in [6.45, 7) is -1.03. The van der Waals surface area contributed by atoms with Crippen LogP contribution in [0.25, 0.3) is 0 Å². The zero-order chi connectivity index (χ0) is 16.4. The highest BCUT2D eigenvalue weighted by Gasteiger charge is 2.38. The van der Waals surface area contributed by atoms with E-state index in [2.05, 4.69) is 0 Å². The number of halogens is 3. The molecule has 0 fully saturated rings. The van der Waals surface area contributed by atoms with E-state index in [1.165, 1.54) is 14.1 Å². The second-order valence-corrected chi connectivity index (χ2v) is 6.03. The third-order valence-electron chi connectivity index (χ3n) is 2.63. The molecule has 1 aromatic heterocycles. The van der Waals surface area contributed by atoms with Gasteiger partial charge in [-0.2, -0.15) is 13.2 Å². The molecule has 0 aliphatic rings. The molecule has 3 N–H and O–H groups in total. The topological polar surface area (TPSA) is 100 Å². The van der Waals surface area contributed by atoms with Crippen molar-refractivity contribution in [2.45, 2.75) is 17.2 Å². The average Bonchev–Trinajstić information content (AvgIpc) is 2.77. The molecule has 11 heteroatoms. The Morgan fingerprint density at radius 3 is 2.52 bits per heavy atom. The van der Waals surface area contributed by atoms with Gasteiger partial charge in [0.05, 0.1) is 6.54 Å². The second kappa shape index (κ2) is 6.03. The van der Waals surface area contributed by atoms with Crippen molar-refractivity contribution < 1.29 is 31.5 Å². The van der Waals surface area contributed by atoms with Crippen molar-refractivity contribution in [2.75, 3.05) is 13.6 Å². The highest BCUT2D eigenvalue weighted by Crippen LogP contribution is 2.19. The molecule has 0 spiro atoms. The zero-order valence-electron chi connectivity index (χ0n) is 11.1. The van der Waals surface area contributed by atoms with Crippen LogP contribution >= 0.6 is 0 Å². The molecule has 0 aromatic carbocycles. The molecule has 1 aromatic rings. The summed E-state index contributed by atoms with van der Waals surface area (Å²) >= 11 is 0. The van der Waals surface area contributed by atoms with E-state index in [1.807, 2.05) is 10.0 Å². The minimum atomic E-state index is -4.85. The summed E-state index contributed by atoms with van der Waals surface area (Å²) in [5, 5.41) is 10.7. The molecular weight excluding hydrogens is 315 g/mol. The minimum absolute atomic E-state index is 0.154. The molecule has 21 heavy (non-hydrogen) atoms. The predicted molar refractivity (Wildman–Crippen MR) is 66.1 cm³/mol.